The highest BCUT2D eigenvalue weighted by atomic mass is 79.9. The Morgan fingerprint density at radius 1 is 1.19 bits per heavy atom. The molecule has 21 heavy (non-hydrogen) atoms. The lowest BCUT2D eigenvalue weighted by Crippen LogP contribution is -2.20. The van der Waals surface area contributed by atoms with E-state index < -0.39 is 0 Å². The van der Waals surface area contributed by atoms with E-state index in [1.165, 1.54) is 29.5 Å². The first-order valence-electron chi connectivity index (χ1n) is 7.50. The van der Waals surface area contributed by atoms with Gasteiger partial charge in [0.1, 0.15) is 0 Å². The van der Waals surface area contributed by atoms with Crippen molar-refractivity contribution in [3.8, 4) is 0 Å². The molecule has 0 spiro atoms. The smallest absolute Gasteiger partial charge is 0.0636 e. The second-order valence-electron chi connectivity index (χ2n) is 5.86. The lowest BCUT2D eigenvalue weighted by molar-refractivity contribution is 0.788. The molecule has 3 heteroatoms. The Labute approximate surface area is 134 Å². The third kappa shape index (κ3) is 3.47. The van der Waals surface area contributed by atoms with Gasteiger partial charge in [-0.15, -0.1) is 0 Å². The summed E-state index contributed by atoms with van der Waals surface area (Å²) in [6.07, 6.45) is 2.68. The largest absolute Gasteiger partial charge is 0.376 e. The van der Waals surface area contributed by atoms with Gasteiger partial charge in [-0.1, -0.05) is 30.3 Å². The first-order chi connectivity index (χ1) is 10.2. The van der Waals surface area contributed by atoms with Crippen molar-refractivity contribution < 1.29 is 0 Å². The van der Waals surface area contributed by atoms with Crippen LogP contribution in [0.2, 0.25) is 0 Å². The average Bonchev–Trinajstić information content (AvgIpc) is 3.33. The van der Waals surface area contributed by atoms with Crippen LogP contribution in [0.1, 0.15) is 41.5 Å². The van der Waals surface area contributed by atoms with Crippen molar-refractivity contribution in [2.24, 2.45) is 5.73 Å². The predicted molar refractivity (Wildman–Crippen MR) is 92.7 cm³/mol. The van der Waals surface area contributed by atoms with Crippen LogP contribution in [-0.4, -0.2) is 6.54 Å². The Bertz CT molecular complexity index is 618. The number of nitrogens with two attached hydrogens (primary N) is 1. The van der Waals surface area contributed by atoms with E-state index in [1.807, 2.05) is 0 Å². The summed E-state index contributed by atoms with van der Waals surface area (Å²) in [5, 5.41) is 3.55. The van der Waals surface area contributed by atoms with Crippen LogP contribution < -0.4 is 11.1 Å². The zero-order valence-corrected chi connectivity index (χ0v) is 13.9. The Morgan fingerprint density at radius 2 is 1.90 bits per heavy atom. The molecule has 3 rings (SSSR count). The zero-order chi connectivity index (χ0) is 14.8. The topological polar surface area (TPSA) is 38.0 Å². The quantitative estimate of drug-likeness (QED) is 0.821. The molecule has 110 valence electrons. The molecule has 1 unspecified atom stereocenters. The summed E-state index contributed by atoms with van der Waals surface area (Å²) in [7, 11) is 0. The number of nitrogens with one attached hydrogen (secondary N) is 1. The van der Waals surface area contributed by atoms with E-state index in [0.717, 1.165) is 16.1 Å². The molecule has 1 saturated carbocycles. The van der Waals surface area contributed by atoms with Gasteiger partial charge < -0.3 is 11.1 Å². The second-order valence-corrected chi connectivity index (χ2v) is 6.71. The molecule has 2 aromatic carbocycles. The highest BCUT2D eigenvalue weighted by Crippen LogP contribution is 2.40. The SMILES string of the molecule is Cc1ccc(Br)c(NC(CN)c2ccc(C3CC3)cc2)c1. The first-order valence-corrected chi connectivity index (χ1v) is 8.29. The molecule has 1 atom stereocenters. The predicted octanol–water partition coefficient (Wildman–Crippen LogP) is 4.75. The molecule has 1 aliphatic carbocycles. The summed E-state index contributed by atoms with van der Waals surface area (Å²) in [5.41, 5.74) is 11.0. The molecule has 1 aliphatic rings. The normalized spacial score (nSPS) is 15.8. The fourth-order valence-corrected chi connectivity index (χ4v) is 2.99. The molecular weight excluding hydrogens is 324 g/mol. The van der Waals surface area contributed by atoms with Crippen molar-refractivity contribution in [3.05, 3.63) is 63.6 Å². The van der Waals surface area contributed by atoms with Crippen LogP contribution >= 0.6 is 15.9 Å². The fraction of sp³-hybridized carbons (Fsp3) is 0.333. The Morgan fingerprint density at radius 3 is 2.52 bits per heavy atom. The minimum Gasteiger partial charge on any atom is -0.376 e. The maximum Gasteiger partial charge on any atom is 0.0636 e. The van der Waals surface area contributed by atoms with Crippen LogP contribution in [0.4, 0.5) is 5.69 Å². The maximum atomic E-state index is 5.97. The van der Waals surface area contributed by atoms with Gasteiger partial charge in [0.25, 0.3) is 0 Å². The molecule has 0 amide bonds. The summed E-state index contributed by atoms with van der Waals surface area (Å²) in [6, 6.07) is 15.4. The van der Waals surface area contributed by atoms with Crippen LogP contribution in [0.3, 0.4) is 0 Å². The Kier molecular flexibility index (Phi) is 4.32. The maximum absolute atomic E-state index is 5.97. The van der Waals surface area contributed by atoms with Crippen LogP contribution in [-0.2, 0) is 0 Å². The summed E-state index contributed by atoms with van der Waals surface area (Å²) in [5.74, 6) is 0.800. The number of hydrogen-bond acceptors (Lipinski definition) is 2. The number of halogens is 1. The standard InChI is InChI=1S/C18H21BrN2/c1-12-2-9-16(19)17(10-12)21-18(11-20)15-7-5-14(6-8-15)13-3-4-13/h2,5-10,13,18,21H,3-4,11,20H2,1H3. The molecule has 0 heterocycles. The molecule has 0 saturated heterocycles. The van der Waals surface area contributed by atoms with Gasteiger partial charge in [-0.05, 0) is 70.4 Å². The molecule has 2 nitrogen and oxygen atoms in total. The van der Waals surface area contributed by atoms with E-state index in [4.69, 9.17) is 5.73 Å². The van der Waals surface area contributed by atoms with Crippen molar-refractivity contribution in [1.29, 1.82) is 0 Å². The van der Waals surface area contributed by atoms with Gasteiger partial charge in [-0.25, -0.2) is 0 Å². The number of hydrogen-bond donors (Lipinski definition) is 2. The number of benzene rings is 2. The van der Waals surface area contributed by atoms with Gasteiger partial charge in [-0.3, -0.25) is 0 Å². The fourth-order valence-electron chi connectivity index (χ4n) is 2.63. The lowest BCUT2D eigenvalue weighted by atomic mass is 10.0. The summed E-state index contributed by atoms with van der Waals surface area (Å²) in [6.45, 7) is 2.67. The van der Waals surface area contributed by atoms with Gasteiger partial charge >= 0.3 is 0 Å². The van der Waals surface area contributed by atoms with Gasteiger partial charge in [0.05, 0.1) is 6.04 Å². The van der Waals surface area contributed by atoms with Crippen molar-refractivity contribution in [2.75, 3.05) is 11.9 Å². The van der Waals surface area contributed by atoms with E-state index in [2.05, 4.69) is 70.6 Å². The van der Waals surface area contributed by atoms with E-state index in [-0.39, 0.29) is 6.04 Å². The van der Waals surface area contributed by atoms with E-state index >= 15 is 0 Å². The Balaban J connectivity index is 1.79. The minimum absolute atomic E-state index is 0.136. The van der Waals surface area contributed by atoms with E-state index in [1.54, 1.807) is 0 Å². The molecule has 3 N–H and O–H groups in total. The van der Waals surface area contributed by atoms with Gasteiger partial charge in [0.15, 0.2) is 0 Å². The molecule has 0 aromatic heterocycles. The lowest BCUT2D eigenvalue weighted by Gasteiger charge is -2.20. The summed E-state index contributed by atoms with van der Waals surface area (Å²) >= 11 is 3.60. The van der Waals surface area contributed by atoms with Crippen molar-refractivity contribution in [2.45, 2.75) is 31.7 Å². The highest BCUT2D eigenvalue weighted by molar-refractivity contribution is 9.10. The second kappa shape index (κ2) is 6.20. The van der Waals surface area contributed by atoms with E-state index in [0.29, 0.717) is 6.54 Å². The molecule has 0 radical (unpaired) electrons. The monoisotopic (exact) mass is 344 g/mol. The number of aryl methyl sites for hydroxylation is 1. The third-order valence-electron chi connectivity index (χ3n) is 4.07. The van der Waals surface area contributed by atoms with Crippen LogP contribution in [0, 0.1) is 6.92 Å². The average molecular weight is 345 g/mol. The van der Waals surface area contributed by atoms with Crippen LogP contribution in [0.25, 0.3) is 0 Å². The molecule has 0 aliphatic heterocycles. The number of anilines is 1. The van der Waals surface area contributed by atoms with Crippen molar-refractivity contribution >= 4 is 21.6 Å². The van der Waals surface area contributed by atoms with Crippen LogP contribution in [0.15, 0.2) is 46.9 Å². The van der Waals surface area contributed by atoms with E-state index in [9.17, 15) is 0 Å². The van der Waals surface area contributed by atoms with Crippen molar-refractivity contribution in [3.63, 3.8) is 0 Å². The van der Waals surface area contributed by atoms with Crippen LogP contribution in [0.5, 0.6) is 0 Å². The van der Waals surface area contributed by atoms with Gasteiger partial charge in [0, 0.05) is 16.7 Å². The molecule has 2 aromatic rings. The molecule has 0 bridgehead atoms. The summed E-state index contributed by atoms with van der Waals surface area (Å²) < 4.78 is 1.07. The van der Waals surface area contributed by atoms with Crippen molar-refractivity contribution in [1.82, 2.24) is 0 Å². The first kappa shape index (κ1) is 14.6. The number of rotatable bonds is 5. The molecular formula is C18H21BrN2. The highest BCUT2D eigenvalue weighted by Gasteiger charge is 2.23. The minimum atomic E-state index is 0.136. The van der Waals surface area contributed by atoms with Gasteiger partial charge in [-0.2, -0.15) is 0 Å². The molecule has 1 fully saturated rings. The Hall–Kier alpha value is -1.32. The zero-order valence-electron chi connectivity index (χ0n) is 12.3. The van der Waals surface area contributed by atoms with Gasteiger partial charge in [0.2, 0.25) is 0 Å². The summed E-state index contributed by atoms with van der Waals surface area (Å²) in [4.78, 5) is 0. The third-order valence-corrected chi connectivity index (χ3v) is 4.77.